The Morgan fingerprint density at radius 1 is 1.67 bits per heavy atom. The highest BCUT2D eigenvalue weighted by Gasteiger charge is 1.98. The van der Waals surface area contributed by atoms with E-state index in [2.05, 4.69) is 23.7 Å². The molecule has 0 rings (SSSR count). The second kappa shape index (κ2) is 4.53. The summed E-state index contributed by atoms with van der Waals surface area (Å²) < 4.78 is 0. The molecule has 1 atom stereocenters. The van der Waals surface area contributed by atoms with Crippen molar-refractivity contribution < 1.29 is 0 Å². The second-order valence-corrected chi connectivity index (χ2v) is 2.34. The average Bonchev–Trinajstić information content (AvgIpc) is 1.82. The molecule has 0 fully saturated rings. The van der Waals surface area contributed by atoms with Gasteiger partial charge in [-0.2, -0.15) is 0 Å². The molecule has 0 aliphatic carbocycles. The maximum atomic E-state index is 3.61. The lowest BCUT2D eigenvalue weighted by Gasteiger charge is -2.19. The maximum Gasteiger partial charge on any atom is 0.0565 e. The van der Waals surface area contributed by atoms with Crippen LogP contribution >= 0.6 is 0 Å². The molecule has 9 heavy (non-hydrogen) atoms. The summed E-state index contributed by atoms with van der Waals surface area (Å²) in [5.41, 5.74) is 0. The van der Waals surface area contributed by atoms with E-state index in [1.54, 1.807) is 0 Å². The number of hydrogen-bond donors (Lipinski definition) is 1. The Kier molecular flexibility index (Phi) is 4.36. The van der Waals surface area contributed by atoms with Crippen LogP contribution in [0.4, 0.5) is 0 Å². The van der Waals surface area contributed by atoms with E-state index in [9.17, 15) is 0 Å². The third-order valence-corrected chi connectivity index (χ3v) is 1.33. The molecule has 2 heteroatoms. The normalized spacial score (nSPS) is 13.8. The number of rotatable bonds is 4. The summed E-state index contributed by atoms with van der Waals surface area (Å²) in [7, 11) is 4.08. The first-order valence-corrected chi connectivity index (χ1v) is 3.19. The van der Waals surface area contributed by atoms with Crippen LogP contribution in [0, 0.1) is 0 Å². The first kappa shape index (κ1) is 8.66. The Bertz CT molecular complexity index is 79.0. The van der Waals surface area contributed by atoms with Gasteiger partial charge in [-0.25, -0.2) is 0 Å². The molecule has 0 heterocycles. The van der Waals surface area contributed by atoms with Crippen LogP contribution in [0.1, 0.15) is 6.92 Å². The summed E-state index contributed by atoms with van der Waals surface area (Å²) in [6, 6.07) is 0. The summed E-state index contributed by atoms with van der Waals surface area (Å²) in [4.78, 5) is 2.11. The topological polar surface area (TPSA) is 15.3 Å². The quantitative estimate of drug-likeness (QED) is 0.442. The van der Waals surface area contributed by atoms with Gasteiger partial charge in [0, 0.05) is 6.54 Å². The van der Waals surface area contributed by atoms with Crippen LogP contribution < -0.4 is 5.32 Å². The molecule has 0 radical (unpaired) electrons. The monoisotopic (exact) mass is 128 g/mol. The van der Waals surface area contributed by atoms with Gasteiger partial charge in [-0.1, -0.05) is 6.08 Å². The summed E-state index contributed by atoms with van der Waals surface area (Å²) in [5, 5.41) is 3.24. The zero-order valence-corrected chi connectivity index (χ0v) is 6.52. The summed E-state index contributed by atoms with van der Waals surface area (Å²) in [6.45, 7) is 6.60. The molecule has 0 aromatic carbocycles. The van der Waals surface area contributed by atoms with Gasteiger partial charge in [0.05, 0.1) is 6.17 Å². The van der Waals surface area contributed by atoms with Crippen molar-refractivity contribution in [3.63, 3.8) is 0 Å². The molecule has 0 aromatic heterocycles. The molecule has 1 N–H and O–H groups in total. The fourth-order valence-corrected chi connectivity index (χ4v) is 0.436. The molecular weight excluding hydrogens is 112 g/mol. The van der Waals surface area contributed by atoms with E-state index in [0.717, 1.165) is 6.54 Å². The highest BCUT2D eigenvalue weighted by molar-refractivity contribution is 4.71. The van der Waals surface area contributed by atoms with Crippen LogP contribution in [0.5, 0.6) is 0 Å². The van der Waals surface area contributed by atoms with E-state index in [0.29, 0.717) is 6.17 Å². The largest absolute Gasteiger partial charge is 0.298 e. The molecule has 0 saturated heterocycles. The number of nitrogens with one attached hydrogen (secondary N) is 1. The van der Waals surface area contributed by atoms with Gasteiger partial charge in [0.25, 0.3) is 0 Å². The van der Waals surface area contributed by atoms with Crippen molar-refractivity contribution in [2.75, 3.05) is 20.6 Å². The highest BCUT2D eigenvalue weighted by atomic mass is 15.2. The smallest absolute Gasteiger partial charge is 0.0565 e. The van der Waals surface area contributed by atoms with Crippen molar-refractivity contribution in [2.45, 2.75) is 13.1 Å². The summed E-state index contributed by atoms with van der Waals surface area (Å²) >= 11 is 0. The zero-order chi connectivity index (χ0) is 7.28. The lowest BCUT2D eigenvalue weighted by atomic mass is 10.5. The van der Waals surface area contributed by atoms with Crippen molar-refractivity contribution in [3.8, 4) is 0 Å². The van der Waals surface area contributed by atoms with Gasteiger partial charge in [0.2, 0.25) is 0 Å². The van der Waals surface area contributed by atoms with Crippen molar-refractivity contribution in [1.82, 2.24) is 10.2 Å². The lowest BCUT2D eigenvalue weighted by molar-refractivity contribution is 0.273. The van der Waals surface area contributed by atoms with E-state index in [-0.39, 0.29) is 0 Å². The van der Waals surface area contributed by atoms with Gasteiger partial charge in [0.1, 0.15) is 0 Å². The number of nitrogens with zero attached hydrogens (tertiary/aromatic N) is 1. The zero-order valence-electron chi connectivity index (χ0n) is 6.52. The minimum absolute atomic E-state index is 0.433. The van der Waals surface area contributed by atoms with Gasteiger partial charge in [-0.3, -0.25) is 10.2 Å². The van der Waals surface area contributed by atoms with Gasteiger partial charge in [0.15, 0.2) is 0 Å². The maximum absolute atomic E-state index is 3.61. The van der Waals surface area contributed by atoms with E-state index in [1.807, 2.05) is 20.2 Å². The number of hydrogen-bond acceptors (Lipinski definition) is 2. The molecule has 0 aromatic rings. The van der Waals surface area contributed by atoms with Crippen LogP contribution in [0.25, 0.3) is 0 Å². The minimum Gasteiger partial charge on any atom is -0.298 e. The highest BCUT2D eigenvalue weighted by Crippen LogP contribution is 1.83. The molecule has 0 spiro atoms. The minimum atomic E-state index is 0.433. The molecule has 0 aliphatic rings. The molecular formula is C7H16N2. The third kappa shape index (κ3) is 4.18. The van der Waals surface area contributed by atoms with Crippen LogP contribution in [-0.2, 0) is 0 Å². The van der Waals surface area contributed by atoms with Crippen LogP contribution in [0.15, 0.2) is 12.7 Å². The third-order valence-electron chi connectivity index (χ3n) is 1.33. The van der Waals surface area contributed by atoms with Crippen LogP contribution in [0.3, 0.4) is 0 Å². The van der Waals surface area contributed by atoms with E-state index < -0.39 is 0 Å². The van der Waals surface area contributed by atoms with Crippen LogP contribution in [-0.4, -0.2) is 31.7 Å². The SMILES string of the molecule is C=CCNC(C)N(C)C. The molecule has 54 valence electrons. The van der Waals surface area contributed by atoms with Crippen molar-refractivity contribution >= 4 is 0 Å². The molecule has 0 amide bonds. The fraction of sp³-hybridized carbons (Fsp3) is 0.714. The Labute approximate surface area is 57.5 Å². The van der Waals surface area contributed by atoms with E-state index in [1.165, 1.54) is 0 Å². The van der Waals surface area contributed by atoms with Crippen molar-refractivity contribution in [1.29, 1.82) is 0 Å². The molecule has 0 saturated carbocycles. The van der Waals surface area contributed by atoms with Gasteiger partial charge in [-0.05, 0) is 21.0 Å². The van der Waals surface area contributed by atoms with Gasteiger partial charge >= 0.3 is 0 Å². The van der Waals surface area contributed by atoms with Crippen molar-refractivity contribution in [3.05, 3.63) is 12.7 Å². The summed E-state index contributed by atoms with van der Waals surface area (Å²) in [5.74, 6) is 0. The molecule has 2 nitrogen and oxygen atoms in total. The first-order chi connectivity index (χ1) is 4.18. The lowest BCUT2D eigenvalue weighted by Crippen LogP contribution is -2.38. The van der Waals surface area contributed by atoms with Gasteiger partial charge in [-0.15, -0.1) is 6.58 Å². The van der Waals surface area contributed by atoms with Crippen molar-refractivity contribution in [2.24, 2.45) is 0 Å². The average molecular weight is 128 g/mol. The Morgan fingerprint density at radius 3 is 2.56 bits per heavy atom. The Balaban J connectivity index is 3.26. The summed E-state index contributed by atoms with van der Waals surface area (Å²) in [6.07, 6.45) is 2.29. The molecule has 0 aliphatic heterocycles. The van der Waals surface area contributed by atoms with Gasteiger partial charge < -0.3 is 0 Å². The first-order valence-electron chi connectivity index (χ1n) is 3.19. The standard InChI is InChI=1S/C7H16N2/c1-5-6-8-7(2)9(3)4/h5,7-8H,1,6H2,2-4H3. The predicted molar refractivity (Wildman–Crippen MR) is 41.3 cm³/mol. The Hall–Kier alpha value is -0.340. The van der Waals surface area contributed by atoms with E-state index >= 15 is 0 Å². The van der Waals surface area contributed by atoms with Crippen LogP contribution in [0.2, 0.25) is 0 Å². The predicted octanol–water partition coefficient (Wildman–Crippen LogP) is 0.670. The fourth-order valence-electron chi connectivity index (χ4n) is 0.436. The molecule has 0 bridgehead atoms. The molecule has 1 unspecified atom stereocenters. The Morgan fingerprint density at radius 2 is 2.22 bits per heavy atom. The second-order valence-electron chi connectivity index (χ2n) is 2.34. The van der Waals surface area contributed by atoms with E-state index in [4.69, 9.17) is 0 Å².